The molecule has 1 aromatic carbocycles. The van der Waals surface area contributed by atoms with Crippen LogP contribution in [0.1, 0.15) is 31.6 Å². The van der Waals surface area contributed by atoms with Crippen molar-refractivity contribution in [1.29, 1.82) is 0 Å². The Bertz CT molecular complexity index is 349. The van der Waals surface area contributed by atoms with Crippen LogP contribution in [0.5, 0.6) is 0 Å². The van der Waals surface area contributed by atoms with Crippen LogP contribution < -0.4 is 0 Å². The quantitative estimate of drug-likeness (QED) is 0.877. The van der Waals surface area contributed by atoms with Crippen molar-refractivity contribution in [1.82, 2.24) is 0 Å². The number of carbonyl (C=O) groups excluding carboxylic acids is 1. The fourth-order valence-corrected chi connectivity index (χ4v) is 2.03. The van der Waals surface area contributed by atoms with E-state index in [1.54, 1.807) is 24.3 Å². The van der Waals surface area contributed by atoms with Gasteiger partial charge in [0.15, 0.2) is 0 Å². The van der Waals surface area contributed by atoms with Crippen molar-refractivity contribution >= 4 is 23.5 Å². The maximum atomic E-state index is 11.0. The van der Waals surface area contributed by atoms with Crippen molar-refractivity contribution in [3.8, 4) is 0 Å². The monoisotopic (exact) mass is 254 g/mol. The summed E-state index contributed by atoms with van der Waals surface area (Å²) in [7, 11) is 0. The Hall–Kier alpha value is -1.29. The van der Waals surface area contributed by atoms with E-state index in [0.717, 1.165) is 17.3 Å². The summed E-state index contributed by atoms with van der Waals surface area (Å²) in [6.45, 7) is 5.46. The van der Waals surface area contributed by atoms with Gasteiger partial charge in [-0.1, -0.05) is 44.2 Å². The first-order valence-electron chi connectivity index (χ1n) is 5.50. The Morgan fingerprint density at radius 3 is 2.18 bits per heavy atom. The van der Waals surface area contributed by atoms with E-state index in [2.05, 4.69) is 0 Å². The highest BCUT2D eigenvalue weighted by atomic mass is 32.2. The highest BCUT2D eigenvalue weighted by Gasteiger charge is 2.20. The summed E-state index contributed by atoms with van der Waals surface area (Å²) in [5.41, 5.74) is 0.719. The minimum atomic E-state index is -0.910. The number of benzene rings is 1. The molecule has 0 heterocycles. The number of carboxylic acids is 1. The molecule has 1 aromatic rings. The van der Waals surface area contributed by atoms with E-state index in [4.69, 9.17) is 5.11 Å². The number of hydrogen-bond acceptors (Lipinski definition) is 3. The number of carbonyl (C=O) groups is 2. The Labute approximate surface area is 106 Å². The largest absolute Gasteiger partial charge is 0.480 e. The molecule has 0 aromatic heterocycles. The zero-order valence-electron chi connectivity index (χ0n) is 10.3. The zero-order valence-corrected chi connectivity index (χ0v) is 11.2. The van der Waals surface area contributed by atoms with Gasteiger partial charge in [-0.15, -0.1) is 11.8 Å². The van der Waals surface area contributed by atoms with Crippen LogP contribution >= 0.6 is 11.8 Å². The molecule has 0 fully saturated rings. The van der Waals surface area contributed by atoms with E-state index >= 15 is 0 Å². The lowest BCUT2D eigenvalue weighted by molar-refractivity contribution is -0.136. The number of hydrogen-bond donors (Lipinski definition) is 1. The van der Waals surface area contributed by atoms with E-state index < -0.39 is 11.2 Å². The van der Waals surface area contributed by atoms with Gasteiger partial charge in [0.1, 0.15) is 11.0 Å². The van der Waals surface area contributed by atoms with Gasteiger partial charge in [-0.2, -0.15) is 0 Å². The molecule has 17 heavy (non-hydrogen) atoms. The lowest BCUT2D eigenvalue weighted by Gasteiger charge is -2.10. The van der Waals surface area contributed by atoms with Crippen molar-refractivity contribution in [2.24, 2.45) is 0 Å². The molecule has 3 nitrogen and oxygen atoms in total. The van der Waals surface area contributed by atoms with E-state index in [9.17, 15) is 9.59 Å². The lowest BCUT2D eigenvalue weighted by Crippen LogP contribution is -2.10. The topological polar surface area (TPSA) is 54.4 Å². The first-order chi connectivity index (χ1) is 8.11. The highest BCUT2D eigenvalue weighted by molar-refractivity contribution is 8.00. The molecule has 0 amide bonds. The van der Waals surface area contributed by atoms with Crippen molar-refractivity contribution in [3.63, 3.8) is 0 Å². The molecule has 0 spiro atoms. The highest BCUT2D eigenvalue weighted by Crippen LogP contribution is 2.28. The van der Waals surface area contributed by atoms with E-state index in [-0.39, 0.29) is 11.5 Å². The minimum absolute atomic E-state index is 0.0119. The van der Waals surface area contributed by atoms with E-state index in [1.165, 1.54) is 6.92 Å². The van der Waals surface area contributed by atoms with Crippen LogP contribution in [0, 0.1) is 0 Å². The van der Waals surface area contributed by atoms with Crippen LogP contribution in [-0.4, -0.2) is 22.6 Å². The smallest absolute Gasteiger partial charge is 0.321 e. The van der Waals surface area contributed by atoms with Crippen LogP contribution in [-0.2, 0) is 9.59 Å². The second-order valence-corrected chi connectivity index (χ2v) is 4.24. The normalized spacial score (nSPS) is 11.0. The maximum Gasteiger partial charge on any atom is 0.321 e. The molecule has 1 atom stereocenters. The summed E-state index contributed by atoms with van der Waals surface area (Å²) in [6, 6.07) is 8.93. The third-order valence-corrected chi connectivity index (χ3v) is 3.16. The van der Waals surface area contributed by atoms with Crippen LogP contribution in [0.25, 0.3) is 0 Å². The first-order valence-corrected chi connectivity index (χ1v) is 6.55. The molecule has 0 saturated carbocycles. The number of aliphatic carboxylic acids is 1. The summed E-state index contributed by atoms with van der Waals surface area (Å²) in [5.74, 6) is -0.694. The maximum absolute atomic E-state index is 11.0. The third kappa shape index (κ3) is 6.12. The van der Waals surface area contributed by atoms with Crippen molar-refractivity contribution in [3.05, 3.63) is 35.9 Å². The molecule has 0 aliphatic rings. The van der Waals surface area contributed by atoms with Crippen LogP contribution in [0.15, 0.2) is 30.3 Å². The SMILES string of the molecule is CC.CC(=O)CSC(C(=O)O)c1ccccc1. The van der Waals surface area contributed by atoms with Gasteiger partial charge >= 0.3 is 5.97 Å². The number of carboxylic acid groups (broad SMARTS) is 1. The van der Waals surface area contributed by atoms with Gasteiger partial charge in [-0.3, -0.25) is 9.59 Å². The van der Waals surface area contributed by atoms with Crippen molar-refractivity contribution < 1.29 is 14.7 Å². The number of Topliss-reactive ketones (excluding diaryl/α,β-unsaturated/α-hetero) is 1. The van der Waals surface area contributed by atoms with E-state index in [1.807, 2.05) is 19.9 Å². The molecule has 94 valence electrons. The number of rotatable bonds is 5. The van der Waals surface area contributed by atoms with Gasteiger partial charge in [0, 0.05) is 0 Å². The predicted octanol–water partition coefficient (Wildman–Crippen LogP) is 3.16. The standard InChI is InChI=1S/C11H12O3S.C2H6/c1-8(12)7-15-10(11(13)14)9-5-3-2-4-6-9;1-2/h2-6,10H,7H2,1H3,(H,13,14);1-2H3. The molecule has 0 saturated heterocycles. The minimum Gasteiger partial charge on any atom is -0.480 e. The Morgan fingerprint density at radius 1 is 1.24 bits per heavy atom. The Kier molecular flexibility index (Phi) is 8.15. The van der Waals surface area contributed by atoms with Gasteiger partial charge in [0.2, 0.25) is 0 Å². The molecule has 0 bridgehead atoms. The Morgan fingerprint density at radius 2 is 1.76 bits per heavy atom. The first kappa shape index (κ1) is 15.7. The molecule has 0 aliphatic carbocycles. The van der Waals surface area contributed by atoms with Crippen molar-refractivity contribution in [2.45, 2.75) is 26.0 Å². The van der Waals surface area contributed by atoms with Gasteiger partial charge < -0.3 is 5.11 Å². The fourth-order valence-electron chi connectivity index (χ4n) is 1.14. The average Bonchev–Trinajstić information content (AvgIpc) is 2.32. The lowest BCUT2D eigenvalue weighted by atomic mass is 10.1. The van der Waals surface area contributed by atoms with Crippen LogP contribution in [0.2, 0.25) is 0 Å². The Balaban J connectivity index is 0.00000121. The van der Waals surface area contributed by atoms with Crippen LogP contribution in [0.3, 0.4) is 0 Å². The fraction of sp³-hybridized carbons (Fsp3) is 0.385. The third-order valence-electron chi connectivity index (χ3n) is 1.78. The molecule has 1 unspecified atom stereocenters. The molecule has 0 radical (unpaired) electrons. The zero-order chi connectivity index (χ0) is 13.3. The number of ketones is 1. The summed E-state index contributed by atoms with van der Waals surface area (Å²) in [6.07, 6.45) is 0. The summed E-state index contributed by atoms with van der Waals surface area (Å²) in [4.78, 5) is 21.8. The molecule has 1 rings (SSSR count). The molecule has 1 N–H and O–H groups in total. The number of thioether (sulfide) groups is 1. The summed E-state index contributed by atoms with van der Waals surface area (Å²) in [5, 5.41) is 8.35. The van der Waals surface area contributed by atoms with Gasteiger partial charge in [-0.05, 0) is 12.5 Å². The summed E-state index contributed by atoms with van der Waals surface area (Å²) < 4.78 is 0. The summed E-state index contributed by atoms with van der Waals surface area (Å²) >= 11 is 1.14. The second-order valence-electron chi connectivity index (χ2n) is 3.14. The van der Waals surface area contributed by atoms with Crippen LogP contribution in [0.4, 0.5) is 0 Å². The van der Waals surface area contributed by atoms with Gasteiger partial charge in [-0.25, -0.2) is 0 Å². The van der Waals surface area contributed by atoms with Gasteiger partial charge in [0.05, 0.1) is 5.75 Å². The molecule has 4 heteroatoms. The predicted molar refractivity (Wildman–Crippen MR) is 71.3 cm³/mol. The van der Waals surface area contributed by atoms with Gasteiger partial charge in [0.25, 0.3) is 0 Å². The molecule has 0 aliphatic heterocycles. The molecular formula is C13H18O3S. The van der Waals surface area contributed by atoms with Crippen molar-refractivity contribution in [2.75, 3.05) is 5.75 Å². The second kappa shape index (κ2) is 8.82. The van der Waals surface area contributed by atoms with E-state index in [0.29, 0.717) is 0 Å². The molecular weight excluding hydrogens is 236 g/mol. The average molecular weight is 254 g/mol.